The molecule has 0 aliphatic heterocycles. The maximum Gasteiger partial charge on any atom is 0.252 e. The highest BCUT2D eigenvalue weighted by Gasteiger charge is 2.14. The molecular weight excluding hydrogens is 311 g/mol. The third-order valence-electron chi connectivity index (χ3n) is 3.53. The van der Waals surface area contributed by atoms with Crippen LogP contribution in [0.25, 0.3) is 0 Å². The normalized spacial score (nSPS) is 15.3. The molecule has 1 saturated carbocycles. The second-order valence-corrected chi connectivity index (χ2v) is 5.53. The summed E-state index contributed by atoms with van der Waals surface area (Å²) in [7, 11) is 0. The number of rotatable bonds is 5. The van der Waals surface area contributed by atoms with Gasteiger partial charge in [-0.25, -0.2) is 0 Å². The molecule has 21 heavy (non-hydrogen) atoms. The number of nitrogen functional groups attached to an aromatic ring is 1. The van der Waals surface area contributed by atoms with Crippen molar-refractivity contribution in [3.63, 3.8) is 0 Å². The fourth-order valence-corrected chi connectivity index (χ4v) is 2.71. The van der Waals surface area contributed by atoms with Crippen LogP contribution in [0.3, 0.4) is 0 Å². The third-order valence-corrected chi connectivity index (χ3v) is 3.84. The lowest BCUT2D eigenvalue weighted by Crippen LogP contribution is -2.29. The minimum absolute atomic E-state index is 0. The molecule has 1 amide bonds. The first kappa shape index (κ1) is 18.1. The SMILES string of the molecule is Cl.Nc1ccc(C(=O)NCCOC2CCCCC2)c(Cl)c1. The number of hydrogen-bond donors (Lipinski definition) is 2. The number of nitrogens with one attached hydrogen (secondary N) is 1. The fourth-order valence-electron chi connectivity index (χ4n) is 2.43. The summed E-state index contributed by atoms with van der Waals surface area (Å²) in [5, 5.41) is 3.18. The summed E-state index contributed by atoms with van der Waals surface area (Å²) >= 11 is 5.99. The van der Waals surface area contributed by atoms with Crippen molar-refractivity contribution in [2.45, 2.75) is 38.2 Å². The van der Waals surface area contributed by atoms with Gasteiger partial charge in [0.2, 0.25) is 0 Å². The van der Waals surface area contributed by atoms with Crippen LogP contribution >= 0.6 is 24.0 Å². The predicted molar refractivity (Wildman–Crippen MR) is 88.3 cm³/mol. The number of amides is 1. The topological polar surface area (TPSA) is 64.4 Å². The molecule has 2 rings (SSSR count). The van der Waals surface area contributed by atoms with E-state index in [0.29, 0.717) is 35.5 Å². The smallest absolute Gasteiger partial charge is 0.252 e. The minimum Gasteiger partial charge on any atom is -0.399 e. The first-order chi connectivity index (χ1) is 9.66. The van der Waals surface area contributed by atoms with Gasteiger partial charge in [0, 0.05) is 12.2 Å². The molecule has 0 spiro atoms. The summed E-state index contributed by atoms with van der Waals surface area (Å²) in [6, 6.07) is 4.88. The average Bonchev–Trinajstić information content (AvgIpc) is 2.44. The number of hydrogen-bond acceptors (Lipinski definition) is 3. The number of anilines is 1. The van der Waals surface area contributed by atoms with E-state index in [2.05, 4.69) is 5.32 Å². The van der Waals surface area contributed by atoms with E-state index < -0.39 is 0 Å². The van der Waals surface area contributed by atoms with Crippen LogP contribution in [-0.4, -0.2) is 25.2 Å². The van der Waals surface area contributed by atoms with E-state index in [1.54, 1.807) is 18.2 Å². The largest absolute Gasteiger partial charge is 0.399 e. The molecule has 0 bridgehead atoms. The lowest BCUT2D eigenvalue weighted by Gasteiger charge is -2.22. The first-order valence-electron chi connectivity index (χ1n) is 7.11. The van der Waals surface area contributed by atoms with Crippen molar-refractivity contribution >= 4 is 35.6 Å². The Labute approximate surface area is 136 Å². The molecular formula is C15H22Cl2N2O2. The van der Waals surface area contributed by atoms with Gasteiger partial charge in [0.1, 0.15) is 0 Å². The predicted octanol–water partition coefficient (Wildman–Crippen LogP) is 3.42. The molecule has 1 aliphatic carbocycles. The molecule has 0 unspecified atom stereocenters. The number of benzene rings is 1. The minimum atomic E-state index is -0.192. The number of ether oxygens (including phenoxy) is 1. The van der Waals surface area contributed by atoms with E-state index in [1.807, 2.05) is 0 Å². The molecule has 3 N–H and O–H groups in total. The molecule has 1 aliphatic rings. The number of carbonyl (C=O) groups excluding carboxylic acids is 1. The van der Waals surface area contributed by atoms with Gasteiger partial charge in [-0.1, -0.05) is 30.9 Å². The van der Waals surface area contributed by atoms with E-state index in [-0.39, 0.29) is 18.3 Å². The summed E-state index contributed by atoms with van der Waals surface area (Å²) < 4.78 is 5.75. The van der Waals surface area contributed by atoms with Crippen LogP contribution in [-0.2, 0) is 4.74 Å². The van der Waals surface area contributed by atoms with E-state index in [4.69, 9.17) is 22.1 Å². The monoisotopic (exact) mass is 332 g/mol. The van der Waals surface area contributed by atoms with Crippen molar-refractivity contribution in [2.24, 2.45) is 0 Å². The molecule has 0 saturated heterocycles. The van der Waals surface area contributed by atoms with Crippen molar-refractivity contribution in [1.29, 1.82) is 0 Å². The highest BCUT2D eigenvalue weighted by molar-refractivity contribution is 6.34. The van der Waals surface area contributed by atoms with Crippen molar-refractivity contribution < 1.29 is 9.53 Å². The summed E-state index contributed by atoms with van der Waals surface area (Å²) in [4.78, 5) is 11.9. The van der Waals surface area contributed by atoms with Crippen LogP contribution in [0.1, 0.15) is 42.5 Å². The Bertz CT molecular complexity index is 463. The van der Waals surface area contributed by atoms with Gasteiger partial charge in [0.25, 0.3) is 5.91 Å². The highest BCUT2D eigenvalue weighted by atomic mass is 35.5. The summed E-state index contributed by atoms with van der Waals surface area (Å²) in [5.74, 6) is -0.192. The van der Waals surface area contributed by atoms with Gasteiger partial charge in [-0.15, -0.1) is 12.4 Å². The van der Waals surface area contributed by atoms with Crippen LogP contribution in [0.15, 0.2) is 18.2 Å². The van der Waals surface area contributed by atoms with Crippen LogP contribution in [0.5, 0.6) is 0 Å². The molecule has 0 heterocycles. The summed E-state index contributed by atoms with van der Waals surface area (Å²) in [6.07, 6.45) is 6.44. The zero-order chi connectivity index (χ0) is 14.4. The quantitative estimate of drug-likeness (QED) is 0.641. The van der Waals surface area contributed by atoms with Gasteiger partial charge < -0.3 is 15.8 Å². The Kier molecular flexibility index (Phi) is 7.86. The van der Waals surface area contributed by atoms with Gasteiger partial charge in [-0.2, -0.15) is 0 Å². The maximum absolute atomic E-state index is 11.9. The van der Waals surface area contributed by atoms with Crippen molar-refractivity contribution in [3.8, 4) is 0 Å². The summed E-state index contributed by atoms with van der Waals surface area (Å²) in [6.45, 7) is 1.04. The van der Waals surface area contributed by atoms with E-state index >= 15 is 0 Å². The van der Waals surface area contributed by atoms with Crippen LogP contribution < -0.4 is 11.1 Å². The Hall–Kier alpha value is -0.970. The third kappa shape index (κ3) is 5.73. The lowest BCUT2D eigenvalue weighted by molar-refractivity contribution is 0.0299. The van der Waals surface area contributed by atoms with Crippen molar-refractivity contribution in [3.05, 3.63) is 28.8 Å². The van der Waals surface area contributed by atoms with Gasteiger partial charge in [0.15, 0.2) is 0 Å². The zero-order valence-corrected chi connectivity index (χ0v) is 13.5. The zero-order valence-electron chi connectivity index (χ0n) is 11.9. The summed E-state index contributed by atoms with van der Waals surface area (Å²) in [5.41, 5.74) is 6.59. The molecule has 0 radical (unpaired) electrons. The van der Waals surface area contributed by atoms with Gasteiger partial charge >= 0.3 is 0 Å². The van der Waals surface area contributed by atoms with Gasteiger partial charge in [0.05, 0.1) is 23.3 Å². The van der Waals surface area contributed by atoms with Crippen LogP contribution in [0.4, 0.5) is 5.69 Å². The van der Waals surface area contributed by atoms with Crippen LogP contribution in [0, 0.1) is 0 Å². The van der Waals surface area contributed by atoms with Crippen molar-refractivity contribution in [2.75, 3.05) is 18.9 Å². The molecule has 0 aromatic heterocycles. The Morgan fingerprint density at radius 2 is 2.05 bits per heavy atom. The van der Waals surface area contributed by atoms with E-state index in [9.17, 15) is 4.79 Å². The molecule has 6 heteroatoms. The fraction of sp³-hybridized carbons (Fsp3) is 0.533. The molecule has 1 fully saturated rings. The Balaban J connectivity index is 0.00000220. The number of carbonyl (C=O) groups is 1. The Morgan fingerprint density at radius 1 is 1.33 bits per heavy atom. The highest BCUT2D eigenvalue weighted by Crippen LogP contribution is 2.20. The van der Waals surface area contributed by atoms with Gasteiger partial charge in [-0.3, -0.25) is 4.79 Å². The number of halogens is 2. The standard InChI is InChI=1S/C15H21ClN2O2.ClH/c16-14-10-11(17)6-7-13(14)15(19)18-8-9-20-12-4-2-1-3-5-12;/h6-7,10,12H,1-5,8-9,17H2,(H,18,19);1H. The molecule has 4 nitrogen and oxygen atoms in total. The first-order valence-corrected chi connectivity index (χ1v) is 7.49. The van der Waals surface area contributed by atoms with Gasteiger partial charge in [-0.05, 0) is 31.0 Å². The van der Waals surface area contributed by atoms with Crippen molar-refractivity contribution in [1.82, 2.24) is 5.32 Å². The molecule has 1 aromatic carbocycles. The Morgan fingerprint density at radius 3 is 2.71 bits per heavy atom. The second-order valence-electron chi connectivity index (χ2n) is 5.13. The lowest BCUT2D eigenvalue weighted by atomic mass is 9.98. The second kappa shape index (κ2) is 9.13. The molecule has 118 valence electrons. The maximum atomic E-state index is 11.9. The average molecular weight is 333 g/mol. The molecule has 1 aromatic rings. The number of nitrogens with two attached hydrogens (primary N) is 1. The van der Waals surface area contributed by atoms with E-state index in [0.717, 1.165) is 12.8 Å². The molecule has 0 atom stereocenters. The van der Waals surface area contributed by atoms with Crippen LogP contribution in [0.2, 0.25) is 5.02 Å². The van der Waals surface area contributed by atoms with E-state index in [1.165, 1.54) is 19.3 Å².